The molecule has 1 aromatic carbocycles. The summed E-state index contributed by atoms with van der Waals surface area (Å²) in [5.74, 6) is -0.232. The van der Waals surface area contributed by atoms with E-state index in [1.807, 2.05) is 7.05 Å². The first-order valence-electron chi connectivity index (χ1n) is 6.63. The van der Waals surface area contributed by atoms with E-state index < -0.39 is 0 Å². The molecule has 0 amide bonds. The lowest BCUT2D eigenvalue weighted by atomic mass is 9.84. The van der Waals surface area contributed by atoms with E-state index in [4.69, 9.17) is 11.6 Å². The Bertz CT molecular complexity index is 423. The fourth-order valence-corrected chi connectivity index (χ4v) is 2.57. The highest BCUT2D eigenvalue weighted by molar-refractivity contribution is 6.30. The average Bonchev–Trinajstić information content (AvgIpc) is 2.36. The van der Waals surface area contributed by atoms with Crippen molar-refractivity contribution >= 4 is 11.6 Å². The number of nitrogens with zero attached hydrogens (tertiary/aromatic N) is 1. The number of halogens is 2. The maximum Gasteiger partial charge on any atom is 0.127 e. The van der Waals surface area contributed by atoms with Crippen molar-refractivity contribution < 1.29 is 4.39 Å². The van der Waals surface area contributed by atoms with Crippen LogP contribution in [0.15, 0.2) is 18.2 Å². The lowest BCUT2D eigenvalue weighted by Crippen LogP contribution is -2.57. The third kappa shape index (κ3) is 3.68. The minimum atomic E-state index is -0.232. The molecule has 0 aliphatic rings. The summed E-state index contributed by atoms with van der Waals surface area (Å²) in [4.78, 5) is 2.20. The summed E-state index contributed by atoms with van der Waals surface area (Å²) in [5.41, 5.74) is 0.672. The molecule has 0 spiro atoms. The Balaban J connectivity index is 2.99. The Hall–Kier alpha value is -0.640. The van der Waals surface area contributed by atoms with Gasteiger partial charge < -0.3 is 10.2 Å². The van der Waals surface area contributed by atoms with Gasteiger partial charge in [0.25, 0.3) is 0 Å². The number of hydrogen-bond donors (Lipinski definition) is 1. The van der Waals surface area contributed by atoms with E-state index in [-0.39, 0.29) is 17.4 Å². The predicted octanol–water partition coefficient (Wildman–Crippen LogP) is 3.34. The Morgan fingerprint density at radius 2 is 2.05 bits per heavy atom. The number of likely N-dealkylation sites (N-methyl/N-ethyl adjacent to an activating group) is 2. The van der Waals surface area contributed by atoms with Crippen LogP contribution >= 0.6 is 11.6 Å². The first kappa shape index (κ1) is 16.4. The van der Waals surface area contributed by atoms with Crippen molar-refractivity contribution in [3.63, 3.8) is 0 Å². The smallest absolute Gasteiger partial charge is 0.127 e. The predicted molar refractivity (Wildman–Crippen MR) is 80.3 cm³/mol. The zero-order valence-electron chi connectivity index (χ0n) is 12.4. The topological polar surface area (TPSA) is 15.3 Å². The number of benzene rings is 1. The fourth-order valence-electron chi connectivity index (χ4n) is 2.41. The maximum absolute atomic E-state index is 13.9. The number of nitrogens with one attached hydrogen (secondary N) is 1. The van der Waals surface area contributed by atoms with Gasteiger partial charge in [0.1, 0.15) is 5.82 Å². The molecule has 0 aliphatic carbocycles. The van der Waals surface area contributed by atoms with E-state index in [9.17, 15) is 4.39 Å². The van der Waals surface area contributed by atoms with Crippen molar-refractivity contribution in [2.45, 2.75) is 38.3 Å². The first-order valence-corrected chi connectivity index (χ1v) is 7.01. The van der Waals surface area contributed by atoms with Crippen LogP contribution < -0.4 is 5.32 Å². The summed E-state index contributed by atoms with van der Waals surface area (Å²) >= 11 is 5.79. The van der Waals surface area contributed by atoms with Crippen molar-refractivity contribution in [3.05, 3.63) is 34.6 Å². The minimum Gasteiger partial charge on any atom is -0.315 e. The molecular weight excluding hydrogens is 263 g/mol. The second-order valence-corrected chi connectivity index (χ2v) is 5.82. The molecule has 4 heteroatoms. The summed E-state index contributed by atoms with van der Waals surface area (Å²) in [5, 5.41) is 3.76. The lowest BCUT2D eigenvalue weighted by molar-refractivity contribution is 0.116. The van der Waals surface area contributed by atoms with Gasteiger partial charge in [0.05, 0.1) is 0 Å². The molecule has 2 unspecified atom stereocenters. The third-order valence-corrected chi connectivity index (χ3v) is 4.51. The highest BCUT2D eigenvalue weighted by Gasteiger charge is 2.34. The third-order valence-electron chi connectivity index (χ3n) is 4.28. The Morgan fingerprint density at radius 1 is 1.42 bits per heavy atom. The molecule has 2 atom stereocenters. The van der Waals surface area contributed by atoms with Crippen LogP contribution in [-0.4, -0.2) is 37.6 Å². The molecule has 0 aliphatic heterocycles. The molecule has 0 fully saturated rings. The molecule has 0 radical (unpaired) electrons. The van der Waals surface area contributed by atoms with Crippen LogP contribution in [-0.2, 0) is 6.42 Å². The van der Waals surface area contributed by atoms with Gasteiger partial charge in [-0.3, -0.25) is 0 Å². The Labute approximate surface area is 120 Å². The zero-order valence-corrected chi connectivity index (χ0v) is 13.2. The lowest BCUT2D eigenvalue weighted by Gasteiger charge is -2.42. The highest BCUT2D eigenvalue weighted by Crippen LogP contribution is 2.25. The summed E-state index contributed by atoms with van der Waals surface area (Å²) in [6.07, 6.45) is 1.63. The normalized spacial score (nSPS) is 16.4. The first-order chi connectivity index (χ1) is 8.85. The molecule has 19 heavy (non-hydrogen) atoms. The van der Waals surface area contributed by atoms with E-state index in [1.54, 1.807) is 12.1 Å². The molecule has 2 nitrogen and oxygen atoms in total. The second-order valence-electron chi connectivity index (χ2n) is 5.39. The number of hydrogen-bond acceptors (Lipinski definition) is 2. The van der Waals surface area contributed by atoms with Crippen LogP contribution in [0.5, 0.6) is 0 Å². The van der Waals surface area contributed by atoms with Crippen LogP contribution in [0.1, 0.15) is 25.8 Å². The molecule has 0 aromatic heterocycles. The van der Waals surface area contributed by atoms with Gasteiger partial charge in [-0.1, -0.05) is 24.6 Å². The quantitative estimate of drug-likeness (QED) is 0.863. The van der Waals surface area contributed by atoms with Crippen molar-refractivity contribution in [1.29, 1.82) is 0 Å². The SMILES string of the molecule is CCC(C)(C(Cc1ccc(Cl)cc1F)NC)N(C)C. The van der Waals surface area contributed by atoms with Crippen LogP contribution in [0.2, 0.25) is 5.02 Å². The molecule has 0 saturated heterocycles. The van der Waals surface area contributed by atoms with Gasteiger partial charge in [0, 0.05) is 16.6 Å². The largest absolute Gasteiger partial charge is 0.315 e. The molecule has 1 rings (SSSR count). The molecule has 1 aromatic rings. The van der Waals surface area contributed by atoms with Crippen LogP contribution in [0, 0.1) is 5.82 Å². The highest BCUT2D eigenvalue weighted by atomic mass is 35.5. The van der Waals surface area contributed by atoms with E-state index >= 15 is 0 Å². The van der Waals surface area contributed by atoms with Crippen LogP contribution in [0.3, 0.4) is 0 Å². The van der Waals surface area contributed by atoms with Crippen molar-refractivity contribution in [3.8, 4) is 0 Å². The van der Waals surface area contributed by atoms with Crippen molar-refractivity contribution in [2.24, 2.45) is 0 Å². The monoisotopic (exact) mass is 286 g/mol. The van der Waals surface area contributed by atoms with Gasteiger partial charge in [0.2, 0.25) is 0 Å². The van der Waals surface area contributed by atoms with Gasteiger partial charge >= 0.3 is 0 Å². The van der Waals surface area contributed by atoms with Crippen molar-refractivity contribution in [2.75, 3.05) is 21.1 Å². The summed E-state index contributed by atoms with van der Waals surface area (Å²) in [6, 6.07) is 5.06. The van der Waals surface area contributed by atoms with E-state index in [0.29, 0.717) is 17.0 Å². The average molecular weight is 287 g/mol. The summed E-state index contributed by atoms with van der Waals surface area (Å²) in [6.45, 7) is 4.35. The second kappa shape index (κ2) is 6.69. The molecule has 108 valence electrons. The van der Waals surface area contributed by atoms with E-state index in [2.05, 4.69) is 38.2 Å². The maximum atomic E-state index is 13.9. The van der Waals surface area contributed by atoms with Crippen LogP contribution in [0.25, 0.3) is 0 Å². The van der Waals surface area contributed by atoms with Gasteiger partial charge in [0.15, 0.2) is 0 Å². The molecule has 0 heterocycles. The van der Waals surface area contributed by atoms with Gasteiger partial charge in [-0.15, -0.1) is 0 Å². The molecule has 1 N–H and O–H groups in total. The fraction of sp³-hybridized carbons (Fsp3) is 0.600. The van der Waals surface area contributed by atoms with E-state index in [1.165, 1.54) is 6.07 Å². The Morgan fingerprint density at radius 3 is 2.47 bits per heavy atom. The summed E-state index contributed by atoms with van der Waals surface area (Å²) < 4.78 is 13.9. The molecular formula is C15H24ClFN2. The summed E-state index contributed by atoms with van der Waals surface area (Å²) in [7, 11) is 6.05. The van der Waals surface area contributed by atoms with Crippen LogP contribution in [0.4, 0.5) is 4.39 Å². The van der Waals surface area contributed by atoms with Gasteiger partial charge in [-0.2, -0.15) is 0 Å². The van der Waals surface area contributed by atoms with Gasteiger partial charge in [-0.25, -0.2) is 4.39 Å². The Kier molecular flexibility index (Phi) is 5.78. The number of rotatable bonds is 6. The molecule has 0 saturated carbocycles. The van der Waals surface area contributed by atoms with Crippen molar-refractivity contribution in [1.82, 2.24) is 10.2 Å². The zero-order chi connectivity index (χ0) is 14.6. The molecule has 0 bridgehead atoms. The minimum absolute atomic E-state index is 0.0270. The van der Waals surface area contributed by atoms with E-state index in [0.717, 1.165) is 6.42 Å². The standard InChI is InChI=1S/C15H24ClFN2/c1-6-15(2,19(4)5)14(18-3)9-11-7-8-12(16)10-13(11)17/h7-8,10,14,18H,6,9H2,1-5H3. The van der Waals surface area contributed by atoms with Gasteiger partial charge in [-0.05, 0) is 58.6 Å².